The first kappa shape index (κ1) is 14.9. The van der Waals surface area contributed by atoms with Crippen molar-refractivity contribution < 1.29 is 9.59 Å². The summed E-state index contributed by atoms with van der Waals surface area (Å²) in [4.78, 5) is 29.0. The third-order valence-corrected chi connectivity index (χ3v) is 3.93. The van der Waals surface area contributed by atoms with Gasteiger partial charge in [0.05, 0.1) is 16.3 Å². The molecule has 0 fully saturated rings. The standard InChI is InChI=1S/C17H13N3O2S/c21-16(14-8-3-4-10-18-14)19-12-6-1-2-7-13(12)20-17(22)15-9-5-11-23-15/h1-11H,(H,19,21)(H,20,22). The fourth-order valence-electron chi connectivity index (χ4n) is 1.98. The average Bonchev–Trinajstić information content (AvgIpc) is 3.12. The number of carbonyl (C=O) groups excluding carboxylic acids is 2. The van der Waals surface area contributed by atoms with Gasteiger partial charge in [-0.1, -0.05) is 24.3 Å². The minimum atomic E-state index is -0.330. The number of hydrogen-bond donors (Lipinski definition) is 2. The molecule has 6 heteroatoms. The number of carbonyl (C=O) groups is 2. The van der Waals surface area contributed by atoms with E-state index in [1.54, 1.807) is 54.7 Å². The number of nitrogens with zero attached hydrogens (tertiary/aromatic N) is 1. The molecule has 3 aromatic rings. The van der Waals surface area contributed by atoms with Crippen molar-refractivity contribution in [3.8, 4) is 0 Å². The number of rotatable bonds is 4. The number of aromatic nitrogens is 1. The molecule has 2 amide bonds. The summed E-state index contributed by atoms with van der Waals surface area (Å²) in [5.41, 5.74) is 1.37. The van der Waals surface area contributed by atoms with Gasteiger partial charge in [-0.2, -0.15) is 0 Å². The molecule has 0 bridgehead atoms. The lowest BCUT2D eigenvalue weighted by molar-refractivity contribution is 0.101. The van der Waals surface area contributed by atoms with Crippen molar-refractivity contribution in [2.75, 3.05) is 10.6 Å². The highest BCUT2D eigenvalue weighted by Gasteiger charge is 2.12. The lowest BCUT2D eigenvalue weighted by Gasteiger charge is -2.11. The molecule has 0 unspecified atom stereocenters. The van der Waals surface area contributed by atoms with Gasteiger partial charge >= 0.3 is 0 Å². The topological polar surface area (TPSA) is 71.1 Å². The average molecular weight is 323 g/mol. The van der Waals surface area contributed by atoms with Crippen LogP contribution in [-0.2, 0) is 0 Å². The SMILES string of the molecule is O=C(Nc1ccccc1NC(=O)c1cccs1)c1ccccn1. The molecule has 2 aromatic heterocycles. The second-order valence-corrected chi connectivity index (χ2v) is 5.59. The van der Waals surface area contributed by atoms with E-state index in [-0.39, 0.29) is 11.8 Å². The molecule has 23 heavy (non-hydrogen) atoms. The first-order valence-electron chi connectivity index (χ1n) is 6.90. The summed E-state index contributed by atoms with van der Waals surface area (Å²) in [6.45, 7) is 0. The largest absolute Gasteiger partial charge is 0.319 e. The summed E-state index contributed by atoms with van der Waals surface area (Å²) in [6, 6.07) is 15.7. The summed E-state index contributed by atoms with van der Waals surface area (Å²) in [5.74, 6) is -0.539. The Balaban J connectivity index is 1.78. The second kappa shape index (κ2) is 6.85. The summed E-state index contributed by atoms with van der Waals surface area (Å²) in [6.07, 6.45) is 1.55. The van der Waals surface area contributed by atoms with Crippen LogP contribution in [0.1, 0.15) is 20.2 Å². The van der Waals surface area contributed by atoms with E-state index in [2.05, 4.69) is 15.6 Å². The smallest absolute Gasteiger partial charge is 0.274 e. The Kier molecular flexibility index (Phi) is 4.44. The Labute approximate surface area is 137 Å². The minimum Gasteiger partial charge on any atom is -0.319 e. The van der Waals surface area contributed by atoms with Crippen molar-refractivity contribution in [2.24, 2.45) is 0 Å². The van der Waals surface area contributed by atoms with Gasteiger partial charge in [0.15, 0.2) is 0 Å². The molecule has 0 atom stereocenters. The fourth-order valence-corrected chi connectivity index (χ4v) is 2.60. The van der Waals surface area contributed by atoms with Crippen molar-refractivity contribution >= 4 is 34.5 Å². The number of para-hydroxylation sites is 2. The van der Waals surface area contributed by atoms with Crippen molar-refractivity contribution in [3.63, 3.8) is 0 Å². The van der Waals surface area contributed by atoms with Gasteiger partial charge in [-0.05, 0) is 35.7 Å². The molecular weight excluding hydrogens is 310 g/mol. The zero-order valence-corrected chi connectivity index (χ0v) is 12.8. The molecule has 2 N–H and O–H groups in total. The molecule has 3 rings (SSSR count). The Hall–Kier alpha value is -2.99. The number of pyridine rings is 1. The monoisotopic (exact) mass is 323 g/mol. The summed E-state index contributed by atoms with van der Waals surface area (Å²) in [7, 11) is 0. The van der Waals surface area contributed by atoms with Crippen LogP contribution in [0, 0.1) is 0 Å². The first-order chi connectivity index (χ1) is 11.2. The van der Waals surface area contributed by atoms with E-state index >= 15 is 0 Å². The maximum atomic E-state index is 12.2. The summed E-state index contributed by atoms with van der Waals surface area (Å²) >= 11 is 1.36. The van der Waals surface area contributed by atoms with Gasteiger partial charge in [0.25, 0.3) is 11.8 Å². The first-order valence-corrected chi connectivity index (χ1v) is 7.78. The molecule has 0 saturated heterocycles. The van der Waals surface area contributed by atoms with Crippen LogP contribution in [0.25, 0.3) is 0 Å². The van der Waals surface area contributed by atoms with E-state index in [1.807, 2.05) is 11.4 Å². The number of hydrogen-bond acceptors (Lipinski definition) is 4. The molecule has 0 spiro atoms. The van der Waals surface area contributed by atoms with Crippen molar-refractivity contribution in [2.45, 2.75) is 0 Å². The fraction of sp³-hybridized carbons (Fsp3) is 0. The maximum Gasteiger partial charge on any atom is 0.274 e. The Morgan fingerprint density at radius 2 is 1.52 bits per heavy atom. The van der Waals surface area contributed by atoms with E-state index < -0.39 is 0 Å². The zero-order chi connectivity index (χ0) is 16.1. The van der Waals surface area contributed by atoms with Gasteiger partial charge < -0.3 is 10.6 Å². The van der Waals surface area contributed by atoms with E-state index in [0.29, 0.717) is 21.9 Å². The van der Waals surface area contributed by atoms with E-state index in [9.17, 15) is 9.59 Å². The van der Waals surface area contributed by atoms with Crippen LogP contribution in [0.5, 0.6) is 0 Å². The van der Waals surface area contributed by atoms with Gasteiger partial charge in [-0.3, -0.25) is 14.6 Å². The lowest BCUT2D eigenvalue weighted by Crippen LogP contribution is -2.17. The second-order valence-electron chi connectivity index (χ2n) is 4.65. The van der Waals surface area contributed by atoms with Crippen LogP contribution in [0.4, 0.5) is 11.4 Å². The predicted molar refractivity (Wildman–Crippen MR) is 90.9 cm³/mol. The molecular formula is C17H13N3O2S. The van der Waals surface area contributed by atoms with Crippen molar-refractivity contribution in [1.29, 1.82) is 0 Å². The van der Waals surface area contributed by atoms with E-state index in [1.165, 1.54) is 11.3 Å². The third kappa shape index (κ3) is 3.61. The van der Waals surface area contributed by atoms with E-state index in [0.717, 1.165) is 0 Å². The number of thiophene rings is 1. The zero-order valence-electron chi connectivity index (χ0n) is 12.0. The molecule has 0 radical (unpaired) electrons. The molecule has 0 aliphatic carbocycles. The number of benzene rings is 1. The highest BCUT2D eigenvalue weighted by molar-refractivity contribution is 7.12. The number of amides is 2. The quantitative estimate of drug-likeness (QED) is 0.770. The molecule has 2 heterocycles. The van der Waals surface area contributed by atoms with Crippen LogP contribution in [0.3, 0.4) is 0 Å². The summed E-state index contributed by atoms with van der Waals surface area (Å²) < 4.78 is 0. The van der Waals surface area contributed by atoms with Crippen LogP contribution < -0.4 is 10.6 Å². The molecule has 0 aliphatic rings. The van der Waals surface area contributed by atoms with Gasteiger partial charge in [-0.15, -0.1) is 11.3 Å². The minimum absolute atomic E-state index is 0.209. The highest BCUT2D eigenvalue weighted by Crippen LogP contribution is 2.23. The van der Waals surface area contributed by atoms with E-state index in [4.69, 9.17) is 0 Å². The highest BCUT2D eigenvalue weighted by atomic mass is 32.1. The number of anilines is 2. The Morgan fingerprint density at radius 3 is 2.13 bits per heavy atom. The van der Waals surface area contributed by atoms with Crippen LogP contribution in [-0.4, -0.2) is 16.8 Å². The normalized spacial score (nSPS) is 10.1. The molecule has 0 aliphatic heterocycles. The Morgan fingerprint density at radius 1 is 0.826 bits per heavy atom. The van der Waals surface area contributed by atoms with Crippen molar-refractivity contribution in [1.82, 2.24) is 4.98 Å². The van der Waals surface area contributed by atoms with Gasteiger partial charge in [0, 0.05) is 6.20 Å². The van der Waals surface area contributed by atoms with Gasteiger partial charge in [0.2, 0.25) is 0 Å². The summed E-state index contributed by atoms with van der Waals surface area (Å²) in [5, 5.41) is 7.41. The molecule has 5 nitrogen and oxygen atoms in total. The van der Waals surface area contributed by atoms with Crippen molar-refractivity contribution in [3.05, 3.63) is 76.7 Å². The molecule has 114 valence electrons. The molecule has 1 aromatic carbocycles. The Bertz CT molecular complexity index is 817. The molecule has 0 saturated carbocycles. The predicted octanol–water partition coefficient (Wildman–Crippen LogP) is 3.65. The van der Waals surface area contributed by atoms with Crippen LogP contribution in [0.15, 0.2) is 66.2 Å². The van der Waals surface area contributed by atoms with Crippen LogP contribution in [0.2, 0.25) is 0 Å². The van der Waals surface area contributed by atoms with Gasteiger partial charge in [0.1, 0.15) is 5.69 Å². The number of nitrogens with one attached hydrogen (secondary N) is 2. The third-order valence-electron chi connectivity index (χ3n) is 3.07. The van der Waals surface area contributed by atoms with Gasteiger partial charge in [-0.25, -0.2) is 0 Å². The lowest BCUT2D eigenvalue weighted by atomic mass is 10.2. The van der Waals surface area contributed by atoms with Crippen LogP contribution >= 0.6 is 11.3 Å². The maximum absolute atomic E-state index is 12.2.